The van der Waals surface area contributed by atoms with Crippen molar-refractivity contribution in [1.82, 2.24) is 4.90 Å². The lowest BCUT2D eigenvalue weighted by Gasteiger charge is -2.31. The van der Waals surface area contributed by atoms with Crippen LogP contribution in [0.5, 0.6) is 5.75 Å². The lowest BCUT2D eigenvalue weighted by molar-refractivity contribution is 0.134. The molecule has 0 radical (unpaired) electrons. The van der Waals surface area contributed by atoms with E-state index < -0.39 is 11.9 Å². The van der Waals surface area contributed by atoms with Crippen LogP contribution in [0.25, 0.3) is 0 Å². The standard InChI is InChI=1S/C13H17FN2O3/c1-19-12-8-10(2-3-11(12)14)15-9-4-6-16(7-5-9)13(17)18/h2-3,8-9,15H,4-7H2,1H3,(H,17,18). The molecule has 1 aliphatic rings. The molecule has 5 nitrogen and oxygen atoms in total. The largest absolute Gasteiger partial charge is 0.494 e. The van der Waals surface area contributed by atoms with E-state index >= 15 is 0 Å². The number of hydrogen-bond acceptors (Lipinski definition) is 3. The van der Waals surface area contributed by atoms with E-state index in [-0.39, 0.29) is 11.8 Å². The number of ether oxygens (including phenoxy) is 1. The van der Waals surface area contributed by atoms with E-state index in [2.05, 4.69) is 5.32 Å². The molecule has 2 rings (SSSR count). The zero-order valence-electron chi connectivity index (χ0n) is 10.7. The molecule has 1 fully saturated rings. The van der Waals surface area contributed by atoms with Gasteiger partial charge in [0.2, 0.25) is 0 Å². The van der Waals surface area contributed by atoms with Gasteiger partial charge in [0, 0.05) is 30.9 Å². The Hall–Kier alpha value is -1.98. The zero-order chi connectivity index (χ0) is 13.8. The molecule has 2 N–H and O–H groups in total. The highest BCUT2D eigenvalue weighted by atomic mass is 19.1. The number of likely N-dealkylation sites (tertiary alicyclic amines) is 1. The van der Waals surface area contributed by atoms with E-state index in [0.717, 1.165) is 18.5 Å². The van der Waals surface area contributed by atoms with Crippen molar-refractivity contribution < 1.29 is 19.0 Å². The third kappa shape index (κ3) is 3.27. The van der Waals surface area contributed by atoms with Crippen LogP contribution in [0.4, 0.5) is 14.9 Å². The van der Waals surface area contributed by atoms with Gasteiger partial charge in [-0.2, -0.15) is 0 Å². The van der Waals surface area contributed by atoms with E-state index in [0.29, 0.717) is 13.1 Å². The monoisotopic (exact) mass is 268 g/mol. The minimum absolute atomic E-state index is 0.200. The molecule has 1 amide bonds. The molecule has 1 saturated heterocycles. The summed E-state index contributed by atoms with van der Waals surface area (Å²) in [6.45, 7) is 1.04. The summed E-state index contributed by atoms with van der Waals surface area (Å²) in [6, 6.07) is 4.82. The number of halogens is 1. The Bertz CT molecular complexity index is 459. The quantitative estimate of drug-likeness (QED) is 0.883. The Balaban J connectivity index is 1.94. The molecule has 19 heavy (non-hydrogen) atoms. The number of benzene rings is 1. The maximum absolute atomic E-state index is 13.3. The van der Waals surface area contributed by atoms with E-state index in [9.17, 15) is 9.18 Å². The van der Waals surface area contributed by atoms with E-state index in [1.807, 2.05) is 0 Å². The zero-order valence-corrected chi connectivity index (χ0v) is 10.7. The van der Waals surface area contributed by atoms with Crippen LogP contribution in [0, 0.1) is 5.82 Å². The van der Waals surface area contributed by atoms with Crippen LogP contribution in [-0.4, -0.2) is 42.3 Å². The van der Waals surface area contributed by atoms with Gasteiger partial charge < -0.3 is 20.1 Å². The fraction of sp³-hybridized carbons (Fsp3) is 0.462. The van der Waals surface area contributed by atoms with Crippen molar-refractivity contribution in [2.75, 3.05) is 25.5 Å². The van der Waals surface area contributed by atoms with Crippen molar-refractivity contribution in [2.45, 2.75) is 18.9 Å². The number of anilines is 1. The predicted molar refractivity (Wildman–Crippen MR) is 69.2 cm³/mol. The van der Waals surface area contributed by atoms with Gasteiger partial charge in [0.25, 0.3) is 0 Å². The summed E-state index contributed by atoms with van der Waals surface area (Å²) >= 11 is 0. The second kappa shape index (κ2) is 5.77. The van der Waals surface area contributed by atoms with Gasteiger partial charge in [0.15, 0.2) is 11.6 Å². The fourth-order valence-corrected chi connectivity index (χ4v) is 2.20. The lowest BCUT2D eigenvalue weighted by Crippen LogP contribution is -2.41. The van der Waals surface area contributed by atoms with E-state index in [1.165, 1.54) is 18.1 Å². The van der Waals surface area contributed by atoms with Crippen LogP contribution in [0.3, 0.4) is 0 Å². The van der Waals surface area contributed by atoms with Crippen LogP contribution < -0.4 is 10.1 Å². The Labute approximate surface area is 111 Å². The Morgan fingerprint density at radius 2 is 2.16 bits per heavy atom. The van der Waals surface area contributed by atoms with Crippen molar-refractivity contribution in [3.8, 4) is 5.75 Å². The number of piperidine rings is 1. The van der Waals surface area contributed by atoms with Crippen molar-refractivity contribution in [2.24, 2.45) is 0 Å². The summed E-state index contributed by atoms with van der Waals surface area (Å²) in [5.74, 6) is -0.193. The number of carboxylic acid groups (broad SMARTS) is 1. The third-order valence-electron chi connectivity index (χ3n) is 3.29. The SMILES string of the molecule is COc1cc(NC2CCN(C(=O)O)CC2)ccc1F. The summed E-state index contributed by atoms with van der Waals surface area (Å²) in [4.78, 5) is 12.2. The number of rotatable bonds is 3. The second-order valence-corrected chi connectivity index (χ2v) is 4.54. The van der Waals surface area contributed by atoms with Crippen LogP contribution >= 0.6 is 0 Å². The highest BCUT2D eigenvalue weighted by Gasteiger charge is 2.22. The summed E-state index contributed by atoms with van der Waals surface area (Å²) < 4.78 is 18.2. The first kappa shape index (κ1) is 13.5. The molecule has 6 heteroatoms. The molecular formula is C13H17FN2O3. The maximum atomic E-state index is 13.3. The number of nitrogens with zero attached hydrogens (tertiary/aromatic N) is 1. The highest BCUT2D eigenvalue weighted by molar-refractivity contribution is 5.65. The lowest BCUT2D eigenvalue weighted by atomic mass is 10.0. The third-order valence-corrected chi connectivity index (χ3v) is 3.29. The Kier molecular flexibility index (Phi) is 4.09. The number of nitrogens with one attached hydrogen (secondary N) is 1. The van der Waals surface area contributed by atoms with Crippen LogP contribution in [0.2, 0.25) is 0 Å². The summed E-state index contributed by atoms with van der Waals surface area (Å²) in [5, 5.41) is 12.1. The van der Waals surface area contributed by atoms with E-state index in [4.69, 9.17) is 9.84 Å². The topological polar surface area (TPSA) is 61.8 Å². The van der Waals surface area contributed by atoms with Gasteiger partial charge in [0.05, 0.1) is 7.11 Å². The summed E-state index contributed by atoms with van der Waals surface area (Å²) in [6.07, 6.45) is 0.611. The molecule has 0 aromatic heterocycles. The molecule has 1 aliphatic heterocycles. The van der Waals surface area contributed by atoms with Crippen LogP contribution in [0.15, 0.2) is 18.2 Å². The van der Waals surface area contributed by atoms with Gasteiger partial charge in [-0.25, -0.2) is 9.18 Å². The summed E-state index contributed by atoms with van der Waals surface area (Å²) in [7, 11) is 1.42. The van der Waals surface area contributed by atoms with Crippen molar-refractivity contribution in [1.29, 1.82) is 0 Å². The minimum Gasteiger partial charge on any atom is -0.494 e. The first-order valence-corrected chi connectivity index (χ1v) is 6.18. The first-order valence-electron chi connectivity index (χ1n) is 6.18. The van der Waals surface area contributed by atoms with Gasteiger partial charge in [-0.1, -0.05) is 0 Å². The number of hydrogen-bond donors (Lipinski definition) is 2. The average Bonchev–Trinajstić information content (AvgIpc) is 2.41. The van der Waals surface area contributed by atoms with Crippen molar-refractivity contribution in [3.05, 3.63) is 24.0 Å². The van der Waals surface area contributed by atoms with Gasteiger partial charge in [-0.05, 0) is 25.0 Å². The smallest absolute Gasteiger partial charge is 0.407 e. The van der Waals surface area contributed by atoms with E-state index in [1.54, 1.807) is 12.1 Å². The molecule has 104 valence electrons. The Morgan fingerprint density at radius 1 is 1.47 bits per heavy atom. The number of methoxy groups -OCH3 is 1. The molecule has 1 aromatic carbocycles. The van der Waals surface area contributed by atoms with Crippen LogP contribution in [0.1, 0.15) is 12.8 Å². The van der Waals surface area contributed by atoms with Gasteiger partial charge >= 0.3 is 6.09 Å². The molecule has 0 bridgehead atoms. The van der Waals surface area contributed by atoms with Crippen LogP contribution in [-0.2, 0) is 0 Å². The molecule has 0 atom stereocenters. The molecule has 0 aliphatic carbocycles. The van der Waals surface area contributed by atoms with Gasteiger partial charge in [0.1, 0.15) is 0 Å². The molecule has 1 heterocycles. The second-order valence-electron chi connectivity index (χ2n) is 4.54. The van der Waals surface area contributed by atoms with Gasteiger partial charge in [-0.3, -0.25) is 0 Å². The predicted octanol–water partition coefficient (Wildman–Crippen LogP) is 2.39. The molecule has 0 spiro atoms. The molecule has 0 saturated carbocycles. The molecule has 0 unspecified atom stereocenters. The number of carbonyl (C=O) groups is 1. The Morgan fingerprint density at radius 3 is 2.74 bits per heavy atom. The fourth-order valence-electron chi connectivity index (χ4n) is 2.20. The highest BCUT2D eigenvalue weighted by Crippen LogP contribution is 2.23. The van der Waals surface area contributed by atoms with Gasteiger partial charge in [-0.15, -0.1) is 0 Å². The van der Waals surface area contributed by atoms with Crippen molar-refractivity contribution >= 4 is 11.8 Å². The summed E-state index contributed by atoms with van der Waals surface area (Å²) in [5.41, 5.74) is 0.784. The average molecular weight is 268 g/mol. The molecular weight excluding hydrogens is 251 g/mol. The number of amides is 1. The maximum Gasteiger partial charge on any atom is 0.407 e. The molecule has 1 aromatic rings. The minimum atomic E-state index is -0.873. The van der Waals surface area contributed by atoms with Crippen molar-refractivity contribution in [3.63, 3.8) is 0 Å². The first-order chi connectivity index (χ1) is 9.10. The normalized spacial score (nSPS) is 16.2.